The Bertz CT molecular complexity index is 1250. The second kappa shape index (κ2) is 9.46. The molecule has 1 aliphatic carbocycles. The number of rotatable bonds is 6. The molecule has 0 aromatic carbocycles. The molecule has 11 nitrogen and oxygen atoms in total. The molecule has 1 spiro atoms. The summed E-state index contributed by atoms with van der Waals surface area (Å²) in [7, 11) is 1.73. The molecule has 0 bridgehead atoms. The van der Waals surface area contributed by atoms with Crippen LogP contribution >= 0.6 is 11.8 Å². The minimum Gasteiger partial charge on any atom is -0.486 e. The molecule has 3 saturated heterocycles. The van der Waals surface area contributed by atoms with Crippen LogP contribution in [0.3, 0.4) is 0 Å². The Morgan fingerprint density at radius 1 is 1.18 bits per heavy atom. The molecule has 3 atom stereocenters. The third-order valence-electron chi connectivity index (χ3n) is 9.25. The first-order valence-electron chi connectivity index (χ1n) is 13.8. The van der Waals surface area contributed by atoms with Crippen molar-refractivity contribution in [1.29, 1.82) is 0 Å². The highest BCUT2D eigenvalue weighted by Gasteiger charge is 2.51. The van der Waals surface area contributed by atoms with E-state index in [0.29, 0.717) is 31.3 Å². The third kappa shape index (κ3) is 4.32. The molecule has 4 aliphatic heterocycles. The summed E-state index contributed by atoms with van der Waals surface area (Å²) in [5.74, 6) is 2.07. The van der Waals surface area contributed by atoms with Gasteiger partial charge in [0.05, 0.1) is 48.2 Å². The molecule has 2 aromatic rings. The van der Waals surface area contributed by atoms with Gasteiger partial charge in [0.15, 0.2) is 11.6 Å². The summed E-state index contributed by atoms with van der Waals surface area (Å²) in [5.41, 5.74) is 6.37. The summed E-state index contributed by atoms with van der Waals surface area (Å²) >= 11 is 1.47. The normalized spacial score (nSPS) is 28.4. The maximum Gasteiger partial charge on any atom is 0.326 e. The number of anilines is 2. The predicted molar refractivity (Wildman–Crippen MR) is 145 cm³/mol. The number of hydrogen-bond acceptors (Lipinski definition) is 10. The molecule has 7 rings (SSSR count). The van der Waals surface area contributed by atoms with Crippen molar-refractivity contribution in [2.75, 3.05) is 56.3 Å². The van der Waals surface area contributed by atoms with Crippen molar-refractivity contribution in [1.82, 2.24) is 19.9 Å². The monoisotopic (exact) mass is 553 g/mol. The highest BCUT2D eigenvalue weighted by molar-refractivity contribution is 7.99. The molecular formula is C27H35N7O4S. The minimum atomic E-state index is -0.185. The SMILES string of the molecule is COC1(CN2CC3COc4c(Sc5cnc(N6CCC7(CC6)CO[C@@H](C)[C@H]7N)cn5)ccnc4N3C2=O)CC1. The molecule has 2 aromatic heterocycles. The number of nitrogens with two attached hydrogens (primary N) is 1. The van der Waals surface area contributed by atoms with E-state index in [2.05, 4.69) is 16.8 Å². The van der Waals surface area contributed by atoms with E-state index in [1.807, 2.05) is 17.2 Å². The Balaban J connectivity index is 1.03. The summed E-state index contributed by atoms with van der Waals surface area (Å²) in [6, 6.07) is 1.91. The molecule has 208 valence electrons. The summed E-state index contributed by atoms with van der Waals surface area (Å²) < 4.78 is 17.7. The van der Waals surface area contributed by atoms with Crippen LogP contribution in [-0.2, 0) is 9.47 Å². The Morgan fingerprint density at radius 3 is 2.67 bits per heavy atom. The zero-order chi connectivity index (χ0) is 26.8. The Kier molecular flexibility index (Phi) is 6.14. The van der Waals surface area contributed by atoms with E-state index < -0.39 is 0 Å². The summed E-state index contributed by atoms with van der Waals surface area (Å²) in [5, 5.41) is 0.761. The molecule has 5 aliphatic rings. The first-order valence-corrected chi connectivity index (χ1v) is 14.6. The first kappa shape index (κ1) is 25.3. The molecule has 6 heterocycles. The van der Waals surface area contributed by atoms with E-state index in [0.717, 1.165) is 61.1 Å². The molecule has 4 fully saturated rings. The third-order valence-corrected chi connectivity index (χ3v) is 10.2. The fourth-order valence-corrected chi connectivity index (χ4v) is 7.25. The number of ether oxygens (including phenoxy) is 3. The zero-order valence-corrected chi connectivity index (χ0v) is 23.2. The van der Waals surface area contributed by atoms with Crippen molar-refractivity contribution in [2.24, 2.45) is 11.1 Å². The van der Waals surface area contributed by atoms with Gasteiger partial charge in [0.1, 0.15) is 17.5 Å². The summed E-state index contributed by atoms with van der Waals surface area (Å²) in [6.07, 6.45) is 9.46. The van der Waals surface area contributed by atoms with Gasteiger partial charge >= 0.3 is 6.03 Å². The lowest BCUT2D eigenvalue weighted by molar-refractivity contribution is 0.0564. The van der Waals surface area contributed by atoms with E-state index >= 15 is 0 Å². The lowest BCUT2D eigenvalue weighted by atomic mass is 9.73. The first-order chi connectivity index (χ1) is 18.9. The number of fused-ring (bicyclic) bond motifs is 3. The Morgan fingerprint density at radius 2 is 2.00 bits per heavy atom. The standard InChI is InChI=1S/C27H35N7O4S/c1-17-23(28)26(16-38-17)6-9-32(10-7-26)20-11-31-21(12-30-20)39-19-3-8-29-24-22(19)37-14-18-13-33(25(35)34(18)24)15-27(36-2)4-5-27/h3,8,11-12,17-18,23H,4-7,9-10,13-16,28H2,1-2H3/t17-,18?,23+/m0/s1. The van der Waals surface area contributed by atoms with Crippen molar-refractivity contribution >= 4 is 29.4 Å². The van der Waals surface area contributed by atoms with Gasteiger partial charge in [-0.25, -0.2) is 19.7 Å². The average Bonchev–Trinajstić information content (AvgIpc) is 3.60. The number of carbonyl (C=O) groups excluding carboxylic acids is 1. The highest BCUT2D eigenvalue weighted by Crippen LogP contribution is 2.46. The van der Waals surface area contributed by atoms with Gasteiger partial charge in [-0.05, 0) is 38.7 Å². The topological polar surface area (TPSA) is 119 Å². The van der Waals surface area contributed by atoms with Crippen molar-refractivity contribution in [3.8, 4) is 5.75 Å². The number of urea groups is 1. The van der Waals surface area contributed by atoms with Gasteiger partial charge in [-0.2, -0.15) is 0 Å². The Labute approximate surface area is 232 Å². The van der Waals surface area contributed by atoms with Crippen molar-refractivity contribution in [3.05, 3.63) is 24.7 Å². The second-order valence-electron chi connectivity index (χ2n) is 11.6. The number of pyridine rings is 1. The van der Waals surface area contributed by atoms with Crippen LogP contribution in [0.1, 0.15) is 32.6 Å². The van der Waals surface area contributed by atoms with Gasteiger partial charge in [-0.3, -0.25) is 4.90 Å². The van der Waals surface area contributed by atoms with E-state index in [1.165, 1.54) is 11.8 Å². The Hall–Kier alpha value is -2.67. The minimum absolute atomic E-state index is 0.0328. The van der Waals surface area contributed by atoms with Crippen LogP contribution in [0, 0.1) is 5.41 Å². The van der Waals surface area contributed by atoms with E-state index in [9.17, 15) is 4.79 Å². The summed E-state index contributed by atoms with van der Waals surface area (Å²) in [4.78, 5) is 34.1. The number of nitrogens with zero attached hydrogens (tertiary/aromatic N) is 6. The number of piperidine rings is 1. The van der Waals surface area contributed by atoms with Gasteiger partial charge in [0.25, 0.3) is 0 Å². The fraction of sp³-hybridized carbons (Fsp3) is 0.630. The molecule has 1 unspecified atom stereocenters. The largest absolute Gasteiger partial charge is 0.486 e. The van der Waals surface area contributed by atoms with Gasteiger partial charge in [-0.15, -0.1) is 0 Å². The van der Waals surface area contributed by atoms with Crippen LogP contribution in [0.4, 0.5) is 16.4 Å². The van der Waals surface area contributed by atoms with Crippen LogP contribution in [0.5, 0.6) is 5.75 Å². The molecule has 0 radical (unpaired) electrons. The van der Waals surface area contributed by atoms with Gasteiger partial charge in [0, 0.05) is 44.4 Å². The lowest BCUT2D eigenvalue weighted by Gasteiger charge is -2.41. The zero-order valence-electron chi connectivity index (χ0n) is 22.4. The van der Waals surface area contributed by atoms with E-state index in [4.69, 9.17) is 29.9 Å². The van der Waals surface area contributed by atoms with Gasteiger partial charge < -0.3 is 29.7 Å². The number of amides is 2. The lowest BCUT2D eigenvalue weighted by Crippen LogP contribution is -2.50. The molecule has 2 amide bonds. The number of carbonyl (C=O) groups is 1. The van der Waals surface area contributed by atoms with Gasteiger partial charge in [0.2, 0.25) is 0 Å². The molecule has 12 heteroatoms. The fourth-order valence-electron chi connectivity index (χ4n) is 6.44. The summed E-state index contributed by atoms with van der Waals surface area (Å²) in [6.45, 7) is 6.26. The van der Waals surface area contributed by atoms with E-state index in [1.54, 1.807) is 24.4 Å². The average molecular weight is 554 g/mol. The quantitative estimate of drug-likeness (QED) is 0.572. The van der Waals surface area contributed by atoms with Crippen LogP contribution in [0.15, 0.2) is 34.6 Å². The van der Waals surface area contributed by atoms with Crippen molar-refractivity contribution in [3.63, 3.8) is 0 Å². The van der Waals surface area contributed by atoms with Gasteiger partial charge in [-0.1, -0.05) is 11.8 Å². The van der Waals surface area contributed by atoms with Crippen LogP contribution in [-0.4, -0.2) is 96.2 Å². The number of aromatic nitrogens is 3. The highest BCUT2D eigenvalue weighted by atomic mass is 32.2. The van der Waals surface area contributed by atoms with Crippen molar-refractivity contribution in [2.45, 2.75) is 66.3 Å². The van der Waals surface area contributed by atoms with Crippen LogP contribution in [0.2, 0.25) is 0 Å². The molecular weight excluding hydrogens is 518 g/mol. The smallest absolute Gasteiger partial charge is 0.326 e. The maximum absolute atomic E-state index is 13.4. The van der Waals surface area contributed by atoms with E-state index in [-0.39, 0.29) is 35.2 Å². The number of hydrogen-bond donors (Lipinski definition) is 1. The molecule has 39 heavy (non-hydrogen) atoms. The number of methoxy groups -OCH3 is 1. The predicted octanol–water partition coefficient (Wildman–Crippen LogP) is 2.54. The molecule has 2 N–H and O–H groups in total. The second-order valence-corrected chi connectivity index (χ2v) is 12.6. The van der Waals surface area contributed by atoms with Crippen LogP contribution in [0.25, 0.3) is 0 Å². The van der Waals surface area contributed by atoms with Crippen LogP contribution < -0.4 is 20.3 Å². The van der Waals surface area contributed by atoms with Crippen molar-refractivity contribution < 1.29 is 19.0 Å². The maximum atomic E-state index is 13.4. The molecule has 1 saturated carbocycles.